The van der Waals surface area contributed by atoms with Gasteiger partial charge in [-0.25, -0.2) is 14.5 Å². The second-order valence-electron chi connectivity index (χ2n) is 6.48. The van der Waals surface area contributed by atoms with Gasteiger partial charge in [0.1, 0.15) is 5.82 Å². The van der Waals surface area contributed by atoms with Gasteiger partial charge in [-0.3, -0.25) is 9.89 Å². The largest absolute Gasteiger partial charge is 0.332 e. The highest BCUT2D eigenvalue weighted by Gasteiger charge is 2.33. The van der Waals surface area contributed by atoms with Gasteiger partial charge in [0.25, 0.3) is 5.78 Å². The summed E-state index contributed by atoms with van der Waals surface area (Å²) in [7, 11) is 0. The van der Waals surface area contributed by atoms with Crippen LogP contribution in [0.1, 0.15) is 47.7 Å². The molecule has 4 rings (SSSR count). The molecule has 4 heterocycles. The lowest BCUT2D eigenvalue weighted by molar-refractivity contribution is -0.131. The van der Waals surface area contributed by atoms with Gasteiger partial charge < -0.3 is 4.90 Å². The molecule has 0 unspecified atom stereocenters. The van der Waals surface area contributed by atoms with Gasteiger partial charge in [0.2, 0.25) is 5.91 Å². The molecule has 0 aliphatic carbocycles. The maximum atomic E-state index is 12.8. The number of amides is 1. The second-order valence-corrected chi connectivity index (χ2v) is 6.48. The fourth-order valence-electron chi connectivity index (χ4n) is 3.36. The maximum absolute atomic E-state index is 12.8. The molecule has 9 heteroatoms. The van der Waals surface area contributed by atoms with Crippen LogP contribution in [-0.4, -0.2) is 52.1 Å². The highest BCUT2D eigenvalue weighted by molar-refractivity contribution is 5.78. The zero-order valence-electron chi connectivity index (χ0n) is 14.5. The van der Waals surface area contributed by atoms with Gasteiger partial charge in [0, 0.05) is 17.9 Å². The zero-order chi connectivity index (χ0) is 17.6. The summed E-state index contributed by atoms with van der Waals surface area (Å²) in [4.78, 5) is 27.8. The first kappa shape index (κ1) is 15.7. The molecule has 1 amide bonds. The number of aromatic amines is 1. The van der Waals surface area contributed by atoms with Crippen molar-refractivity contribution in [3.8, 4) is 0 Å². The van der Waals surface area contributed by atoms with Crippen LogP contribution < -0.4 is 0 Å². The summed E-state index contributed by atoms with van der Waals surface area (Å²) in [6, 6.07) is 1.87. The standard InChI is InChI=1S/C16H20N8O/c1-9-7-10(2)24-16(17-9)19-13(22-24)8-14(25)23-6-4-5-12(23)15-18-11(3)20-21-15/h7,12H,4-6,8H2,1-3H3,(H,18,20,21)/t12-/m0/s1. The molecule has 1 fully saturated rings. The van der Waals surface area contributed by atoms with Gasteiger partial charge >= 0.3 is 0 Å². The molecule has 9 nitrogen and oxygen atoms in total. The molecule has 1 N–H and O–H groups in total. The molecule has 0 aromatic carbocycles. The number of aryl methyl sites for hydroxylation is 3. The van der Waals surface area contributed by atoms with Gasteiger partial charge in [-0.1, -0.05) is 0 Å². The molecule has 3 aromatic rings. The number of carbonyl (C=O) groups is 1. The predicted molar refractivity (Wildman–Crippen MR) is 88.8 cm³/mol. The third kappa shape index (κ3) is 2.86. The van der Waals surface area contributed by atoms with Crippen molar-refractivity contribution < 1.29 is 4.79 Å². The van der Waals surface area contributed by atoms with Crippen LogP contribution in [0.15, 0.2) is 6.07 Å². The van der Waals surface area contributed by atoms with Crippen LogP contribution in [0, 0.1) is 20.8 Å². The van der Waals surface area contributed by atoms with E-state index in [2.05, 4.69) is 30.2 Å². The molecule has 0 radical (unpaired) electrons. The smallest absolute Gasteiger partial charge is 0.252 e. The summed E-state index contributed by atoms with van der Waals surface area (Å²) >= 11 is 0. The fraction of sp³-hybridized carbons (Fsp3) is 0.500. The van der Waals surface area contributed by atoms with Crippen molar-refractivity contribution >= 4 is 11.7 Å². The number of fused-ring (bicyclic) bond motifs is 1. The molecular formula is C16H20N8O. The van der Waals surface area contributed by atoms with Gasteiger partial charge in [-0.05, 0) is 39.7 Å². The van der Waals surface area contributed by atoms with Crippen LogP contribution in [0.25, 0.3) is 5.78 Å². The maximum Gasteiger partial charge on any atom is 0.252 e. The Kier molecular flexibility index (Phi) is 3.70. The SMILES string of the molecule is Cc1cc(C)n2nc(CC(=O)N3CCC[C@H]3c3n[nH]c(C)n3)nc2n1. The number of H-pyrrole nitrogens is 1. The lowest BCUT2D eigenvalue weighted by Gasteiger charge is -2.21. The van der Waals surface area contributed by atoms with Gasteiger partial charge in [-0.15, -0.1) is 5.10 Å². The summed E-state index contributed by atoms with van der Waals surface area (Å²) in [6.45, 7) is 6.43. The Morgan fingerprint density at radius 1 is 1.28 bits per heavy atom. The third-order valence-corrected chi connectivity index (χ3v) is 4.46. The highest BCUT2D eigenvalue weighted by Crippen LogP contribution is 2.30. The molecule has 0 spiro atoms. The second kappa shape index (κ2) is 5.91. The summed E-state index contributed by atoms with van der Waals surface area (Å²) < 4.78 is 1.68. The van der Waals surface area contributed by atoms with Gasteiger partial charge in [-0.2, -0.15) is 10.1 Å². The average molecular weight is 340 g/mol. The minimum absolute atomic E-state index is 0.00441. The average Bonchev–Trinajstić information content (AvgIpc) is 3.25. The third-order valence-electron chi connectivity index (χ3n) is 4.46. The van der Waals surface area contributed by atoms with Gasteiger partial charge in [0.05, 0.1) is 12.5 Å². The van der Waals surface area contributed by atoms with E-state index in [0.29, 0.717) is 24.0 Å². The minimum Gasteiger partial charge on any atom is -0.332 e. The van der Waals surface area contributed by atoms with E-state index in [1.165, 1.54) is 0 Å². The number of nitrogens with zero attached hydrogens (tertiary/aromatic N) is 7. The first-order valence-electron chi connectivity index (χ1n) is 8.39. The Labute approximate surface area is 144 Å². The van der Waals surface area contributed by atoms with Crippen molar-refractivity contribution in [1.29, 1.82) is 0 Å². The highest BCUT2D eigenvalue weighted by atomic mass is 16.2. The first-order chi connectivity index (χ1) is 12.0. The number of nitrogens with one attached hydrogen (secondary N) is 1. The van der Waals surface area contributed by atoms with Crippen molar-refractivity contribution in [2.75, 3.05) is 6.54 Å². The Hall–Kier alpha value is -2.84. The molecular weight excluding hydrogens is 320 g/mol. The summed E-state index contributed by atoms with van der Waals surface area (Å²) in [5, 5.41) is 11.5. The van der Waals surface area contributed by atoms with E-state index in [9.17, 15) is 4.79 Å². The van der Waals surface area contributed by atoms with E-state index in [1.54, 1.807) is 4.52 Å². The molecule has 1 atom stereocenters. The Balaban J connectivity index is 1.56. The number of rotatable bonds is 3. The van der Waals surface area contributed by atoms with Crippen LogP contribution in [-0.2, 0) is 11.2 Å². The monoisotopic (exact) mass is 340 g/mol. The Bertz CT molecular complexity index is 943. The Morgan fingerprint density at radius 2 is 2.12 bits per heavy atom. The quantitative estimate of drug-likeness (QED) is 0.765. The Morgan fingerprint density at radius 3 is 2.88 bits per heavy atom. The van der Waals surface area contributed by atoms with Crippen molar-refractivity contribution in [2.45, 2.75) is 46.1 Å². The van der Waals surface area contributed by atoms with Crippen LogP contribution in [0.4, 0.5) is 0 Å². The van der Waals surface area contributed by atoms with Crippen molar-refractivity contribution in [2.24, 2.45) is 0 Å². The fourth-order valence-corrected chi connectivity index (χ4v) is 3.36. The minimum atomic E-state index is -0.0726. The van der Waals surface area contributed by atoms with Crippen molar-refractivity contribution in [3.05, 3.63) is 34.9 Å². The van der Waals surface area contributed by atoms with E-state index in [1.807, 2.05) is 31.7 Å². The number of aromatic nitrogens is 7. The lowest BCUT2D eigenvalue weighted by atomic mass is 10.2. The molecule has 1 aliphatic rings. The number of likely N-dealkylation sites (tertiary alicyclic amines) is 1. The number of carbonyl (C=O) groups excluding carboxylic acids is 1. The van der Waals surface area contributed by atoms with E-state index < -0.39 is 0 Å². The van der Waals surface area contributed by atoms with Crippen LogP contribution in [0.2, 0.25) is 0 Å². The molecule has 0 saturated carbocycles. The molecule has 0 bridgehead atoms. The first-order valence-corrected chi connectivity index (χ1v) is 8.39. The van der Waals surface area contributed by atoms with Crippen LogP contribution >= 0.6 is 0 Å². The van der Waals surface area contributed by atoms with Crippen LogP contribution in [0.5, 0.6) is 0 Å². The van der Waals surface area contributed by atoms with E-state index in [-0.39, 0.29) is 18.4 Å². The molecule has 1 saturated heterocycles. The van der Waals surface area contributed by atoms with E-state index in [0.717, 1.165) is 30.1 Å². The van der Waals surface area contributed by atoms with E-state index in [4.69, 9.17) is 0 Å². The van der Waals surface area contributed by atoms with Crippen molar-refractivity contribution in [3.63, 3.8) is 0 Å². The van der Waals surface area contributed by atoms with Crippen molar-refractivity contribution in [1.82, 2.24) is 39.7 Å². The summed E-state index contributed by atoms with van der Waals surface area (Å²) in [6.07, 6.45) is 1.98. The lowest BCUT2D eigenvalue weighted by Crippen LogP contribution is -2.32. The molecule has 130 valence electrons. The number of hydrogen-bond donors (Lipinski definition) is 1. The van der Waals surface area contributed by atoms with E-state index >= 15 is 0 Å². The normalized spacial score (nSPS) is 17.6. The topological polar surface area (TPSA) is 105 Å². The van der Waals surface area contributed by atoms with Gasteiger partial charge in [0.15, 0.2) is 11.6 Å². The zero-order valence-corrected chi connectivity index (χ0v) is 14.5. The number of hydrogen-bond acceptors (Lipinski definition) is 6. The summed E-state index contributed by atoms with van der Waals surface area (Å²) in [5.41, 5.74) is 1.83. The predicted octanol–water partition coefficient (Wildman–Crippen LogP) is 1.07. The van der Waals surface area contributed by atoms with Crippen LogP contribution in [0.3, 0.4) is 0 Å². The molecule has 3 aromatic heterocycles. The summed E-state index contributed by atoms with van der Waals surface area (Å²) in [5.74, 6) is 2.45. The molecule has 25 heavy (non-hydrogen) atoms. The molecule has 1 aliphatic heterocycles.